The topological polar surface area (TPSA) is 59.4 Å². The molecule has 27 heavy (non-hydrogen) atoms. The molecule has 7 heteroatoms. The van der Waals surface area contributed by atoms with Gasteiger partial charge >= 0.3 is 0 Å². The predicted octanol–water partition coefficient (Wildman–Crippen LogP) is 2.83. The lowest BCUT2D eigenvalue weighted by Crippen LogP contribution is -2.35. The second-order valence-electron chi connectivity index (χ2n) is 7.34. The Morgan fingerprint density at radius 3 is 2.67 bits per heavy atom. The zero-order valence-corrected chi connectivity index (χ0v) is 15.3. The van der Waals surface area contributed by atoms with E-state index >= 15 is 0 Å². The summed E-state index contributed by atoms with van der Waals surface area (Å²) in [5.74, 6) is 0.521. The van der Waals surface area contributed by atoms with Crippen LogP contribution in [0.5, 0.6) is 0 Å². The number of aromatic nitrogens is 2. The number of carbonyl (C=O) groups excluding carboxylic acids is 1. The van der Waals surface area contributed by atoms with Gasteiger partial charge in [-0.15, -0.1) is 0 Å². The van der Waals surface area contributed by atoms with Gasteiger partial charge in [-0.25, -0.2) is 9.07 Å². The highest BCUT2D eigenvalue weighted by Gasteiger charge is 2.26. The van der Waals surface area contributed by atoms with E-state index < -0.39 is 0 Å². The van der Waals surface area contributed by atoms with Crippen LogP contribution in [0.4, 0.5) is 10.2 Å². The number of hydrogen-bond donors (Lipinski definition) is 1. The standard InChI is InChI=1S/C20H25FN4O2/c21-17-3-1-15(2-4-17)13-24-10-6-18(7-11-24)25-19(5-9-22-25)23-20(26)16-8-12-27-14-16/h1-5,9,16,18H,6-8,10-14H2,(H,23,26)/t16-/m0/s1. The van der Waals surface area contributed by atoms with Crippen LogP contribution in [0.3, 0.4) is 0 Å². The van der Waals surface area contributed by atoms with Crippen LogP contribution < -0.4 is 5.32 Å². The van der Waals surface area contributed by atoms with Gasteiger partial charge in [0.1, 0.15) is 11.6 Å². The summed E-state index contributed by atoms with van der Waals surface area (Å²) in [6.07, 6.45) is 4.46. The molecule has 0 radical (unpaired) electrons. The number of benzene rings is 1. The lowest BCUT2D eigenvalue weighted by atomic mass is 10.0. The lowest BCUT2D eigenvalue weighted by molar-refractivity contribution is -0.119. The third-order valence-electron chi connectivity index (χ3n) is 5.44. The van der Waals surface area contributed by atoms with Crippen LogP contribution in [0.25, 0.3) is 0 Å². The van der Waals surface area contributed by atoms with Crippen molar-refractivity contribution in [2.45, 2.75) is 31.8 Å². The van der Waals surface area contributed by atoms with Gasteiger partial charge in [-0.05, 0) is 37.0 Å². The molecule has 1 aromatic heterocycles. The maximum atomic E-state index is 13.0. The Morgan fingerprint density at radius 2 is 1.96 bits per heavy atom. The number of nitrogens with zero attached hydrogens (tertiary/aromatic N) is 3. The number of nitrogens with one attached hydrogen (secondary N) is 1. The highest BCUT2D eigenvalue weighted by molar-refractivity contribution is 5.92. The fourth-order valence-corrected chi connectivity index (χ4v) is 3.84. The van der Waals surface area contributed by atoms with Gasteiger partial charge in [0, 0.05) is 32.3 Å². The molecule has 0 saturated carbocycles. The van der Waals surface area contributed by atoms with Gasteiger partial charge in [-0.2, -0.15) is 5.10 Å². The summed E-state index contributed by atoms with van der Waals surface area (Å²) in [5.41, 5.74) is 1.13. The van der Waals surface area contributed by atoms with Crippen molar-refractivity contribution in [3.05, 3.63) is 47.9 Å². The lowest BCUT2D eigenvalue weighted by Gasteiger charge is -2.32. The van der Waals surface area contributed by atoms with E-state index in [0.29, 0.717) is 13.2 Å². The molecule has 1 atom stereocenters. The Kier molecular flexibility index (Phi) is 5.50. The van der Waals surface area contributed by atoms with E-state index in [4.69, 9.17) is 4.74 Å². The molecule has 1 aromatic carbocycles. The maximum absolute atomic E-state index is 13.0. The van der Waals surface area contributed by atoms with Crippen molar-refractivity contribution in [3.63, 3.8) is 0 Å². The first kappa shape index (κ1) is 18.1. The van der Waals surface area contributed by atoms with Crippen LogP contribution >= 0.6 is 0 Å². The number of hydrogen-bond acceptors (Lipinski definition) is 4. The minimum atomic E-state index is -0.199. The Labute approximate surface area is 158 Å². The third kappa shape index (κ3) is 4.36. The summed E-state index contributed by atoms with van der Waals surface area (Å²) >= 11 is 0. The van der Waals surface area contributed by atoms with Crippen LogP contribution in [0.15, 0.2) is 36.5 Å². The largest absolute Gasteiger partial charge is 0.381 e. The summed E-state index contributed by atoms with van der Waals surface area (Å²) in [5, 5.41) is 7.47. The minimum Gasteiger partial charge on any atom is -0.381 e. The van der Waals surface area contributed by atoms with Crippen molar-refractivity contribution in [3.8, 4) is 0 Å². The molecule has 0 aliphatic carbocycles. The highest BCUT2D eigenvalue weighted by Crippen LogP contribution is 2.27. The molecule has 0 unspecified atom stereocenters. The van der Waals surface area contributed by atoms with Crippen molar-refractivity contribution in [1.82, 2.24) is 14.7 Å². The van der Waals surface area contributed by atoms with Crippen LogP contribution in [0.2, 0.25) is 0 Å². The van der Waals surface area contributed by atoms with Gasteiger partial charge in [0.25, 0.3) is 0 Å². The first-order valence-electron chi connectivity index (χ1n) is 9.58. The van der Waals surface area contributed by atoms with Gasteiger partial charge in [0.05, 0.1) is 24.8 Å². The second kappa shape index (κ2) is 8.19. The summed E-state index contributed by atoms with van der Waals surface area (Å²) in [6, 6.07) is 8.84. The Balaban J connectivity index is 1.32. The molecule has 2 aliphatic heterocycles. The first-order valence-corrected chi connectivity index (χ1v) is 9.58. The van der Waals surface area contributed by atoms with Crippen molar-refractivity contribution in [2.24, 2.45) is 5.92 Å². The highest BCUT2D eigenvalue weighted by atomic mass is 19.1. The number of anilines is 1. The fraction of sp³-hybridized carbons (Fsp3) is 0.500. The molecule has 6 nitrogen and oxygen atoms in total. The van der Waals surface area contributed by atoms with Crippen molar-refractivity contribution < 1.29 is 13.9 Å². The van der Waals surface area contributed by atoms with Gasteiger partial charge in [0.15, 0.2) is 0 Å². The normalized spacial score (nSPS) is 21.4. The number of piperidine rings is 1. The molecule has 1 amide bonds. The van der Waals surface area contributed by atoms with Gasteiger partial charge in [0.2, 0.25) is 5.91 Å². The molecular weight excluding hydrogens is 347 g/mol. The van der Waals surface area contributed by atoms with Crippen LogP contribution in [-0.2, 0) is 16.1 Å². The molecule has 2 saturated heterocycles. The van der Waals surface area contributed by atoms with Crippen molar-refractivity contribution in [2.75, 3.05) is 31.6 Å². The number of ether oxygens (including phenoxy) is 1. The quantitative estimate of drug-likeness (QED) is 0.877. The predicted molar refractivity (Wildman–Crippen MR) is 99.7 cm³/mol. The number of halogens is 1. The zero-order valence-electron chi connectivity index (χ0n) is 15.3. The zero-order chi connectivity index (χ0) is 18.6. The molecule has 1 N–H and O–H groups in total. The molecule has 2 aliphatic rings. The Morgan fingerprint density at radius 1 is 1.19 bits per heavy atom. The number of carbonyl (C=O) groups is 1. The molecule has 4 rings (SSSR count). The minimum absolute atomic E-state index is 0.0167. The monoisotopic (exact) mass is 372 g/mol. The molecule has 144 valence electrons. The fourth-order valence-electron chi connectivity index (χ4n) is 3.84. The molecular formula is C20H25FN4O2. The van der Waals surface area contributed by atoms with E-state index in [-0.39, 0.29) is 23.7 Å². The van der Waals surface area contributed by atoms with Crippen LogP contribution in [-0.4, -0.2) is 46.9 Å². The average molecular weight is 372 g/mol. The van der Waals surface area contributed by atoms with Gasteiger partial charge in [-0.3, -0.25) is 9.69 Å². The van der Waals surface area contributed by atoms with Crippen LogP contribution in [0, 0.1) is 11.7 Å². The summed E-state index contributed by atoms with van der Waals surface area (Å²) < 4.78 is 20.3. The Hall–Kier alpha value is -2.25. The number of rotatable bonds is 5. The molecule has 3 heterocycles. The molecule has 0 spiro atoms. The van der Waals surface area contributed by atoms with E-state index in [1.165, 1.54) is 12.1 Å². The molecule has 0 bridgehead atoms. The van der Waals surface area contributed by atoms with Crippen molar-refractivity contribution >= 4 is 11.7 Å². The summed E-state index contributed by atoms with van der Waals surface area (Å²) in [4.78, 5) is 14.7. The summed E-state index contributed by atoms with van der Waals surface area (Å²) in [7, 11) is 0. The first-order chi connectivity index (χ1) is 13.2. The van der Waals surface area contributed by atoms with Crippen molar-refractivity contribution in [1.29, 1.82) is 0 Å². The number of likely N-dealkylation sites (tertiary alicyclic amines) is 1. The summed E-state index contributed by atoms with van der Waals surface area (Å²) in [6.45, 7) is 3.89. The number of amides is 1. The van der Waals surface area contributed by atoms with Gasteiger partial charge in [-0.1, -0.05) is 12.1 Å². The average Bonchev–Trinajstić information content (AvgIpc) is 3.36. The maximum Gasteiger partial charge on any atom is 0.231 e. The van der Waals surface area contributed by atoms with E-state index in [9.17, 15) is 9.18 Å². The van der Waals surface area contributed by atoms with E-state index in [2.05, 4.69) is 15.3 Å². The van der Waals surface area contributed by atoms with E-state index in [1.54, 1.807) is 6.20 Å². The molecule has 2 fully saturated rings. The van der Waals surface area contributed by atoms with Gasteiger partial charge < -0.3 is 10.1 Å². The smallest absolute Gasteiger partial charge is 0.231 e. The second-order valence-corrected chi connectivity index (χ2v) is 7.34. The third-order valence-corrected chi connectivity index (χ3v) is 5.44. The van der Waals surface area contributed by atoms with Crippen LogP contribution in [0.1, 0.15) is 30.9 Å². The van der Waals surface area contributed by atoms with E-state index in [1.807, 2.05) is 22.9 Å². The van der Waals surface area contributed by atoms with E-state index in [0.717, 1.165) is 50.3 Å². The Bertz CT molecular complexity index is 763. The SMILES string of the molecule is O=C(Nc1ccnn1C1CCN(Cc2ccc(F)cc2)CC1)[C@H]1CCOC1. The molecule has 2 aromatic rings.